The Morgan fingerprint density at radius 2 is 1.65 bits per heavy atom. The average Bonchev–Trinajstić information content (AvgIpc) is 2.80. The van der Waals surface area contributed by atoms with E-state index in [1.807, 2.05) is 12.1 Å². The number of anilines is 1. The lowest BCUT2D eigenvalue weighted by Gasteiger charge is -2.15. The van der Waals surface area contributed by atoms with Crippen molar-refractivity contribution >= 4 is 17.0 Å². The molecule has 0 aliphatic carbocycles. The zero-order valence-electron chi connectivity index (χ0n) is 11.6. The largest absolute Gasteiger partial charge is 0.378 e. The zero-order chi connectivity index (χ0) is 14.9. The topological polar surface area (TPSA) is 12.0 Å². The molecule has 0 unspecified atom stereocenters. The van der Waals surface area contributed by atoms with Gasteiger partial charge in [-0.3, -0.25) is 0 Å². The monoisotopic (exact) mass is 299 g/mol. The normalized spacial score (nSPS) is 11.7. The fourth-order valence-electron chi connectivity index (χ4n) is 1.72. The van der Waals surface area contributed by atoms with E-state index in [0.717, 1.165) is 10.9 Å². The quantitative estimate of drug-likeness (QED) is 0.780. The Morgan fingerprint density at radius 1 is 1.00 bits per heavy atom. The fraction of sp³-hybridized carbons (Fsp3) is 0.333. The van der Waals surface area contributed by atoms with Gasteiger partial charge in [0.1, 0.15) is 5.82 Å². The number of benzene rings is 1. The number of hydrogen-bond acceptors (Lipinski definition) is 2. The van der Waals surface area contributed by atoms with Gasteiger partial charge in [0.25, 0.3) is 0 Å². The molecule has 2 rings (SSSR count). The van der Waals surface area contributed by atoms with Gasteiger partial charge >= 0.3 is 0 Å². The van der Waals surface area contributed by atoms with E-state index in [2.05, 4.69) is 26.1 Å². The third-order valence-corrected chi connectivity index (χ3v) is 4.37. The Bertz CT molecular complexity index is 614. The standard InChI is InChI=1S/C15H16F3NS/c1-15(2,3)14-5-4-9(20-14)8-19-13-7-11(17)10(16)6-12(13)18/h4-7,19H,8H2,1-3H3. The molecule has 1 aromatic carbocycles. The molecule has 1 aromatic heterocycles. The van der Waals surface area contributed by atoms with Crippen molar-refractivity contribution in [2.24, 2.45) is 0 Å². The van der Waals surface area contributed by atoms with E-state index in [-0.39, 0.29) is 11.1 Å². The van der Waals surface area contributed by atoms with Crippen LogP contribution in [0.25, 0.3) is 0 Å². The summed E-state index contributed by atoms with van der Waals surface area (Å²) in [4.78, 5) is 2.24. The second-order valence-corrected chi connectivity index (χ2v) is 6.78. The van der Waals surface area contributed by atoms with Crippen LogP contribution < -0.4 is 5.32 Å². The predicted octanol–water partition coefficient (Wildman–Crippen LogP) is 5.08. The molecule has 0 saturated carbocycles. The Labute approximate surface area is 120 Å². The van der Waals surface area contributed by atoms with Gasteiger partial charge < -0.3 is 5.32 Å². The second kappa shape index (κ2) is 5.48. The highest BCUT2D eigenvalue weighted by Crippen LogP contribution is 2.30. The molecule has 0 aliphatic rings. The van der Waals surface area contributed by atoms with E-state index in [0.29, 0.717) is 12.6 Å². The van der Waals surface area contributed by atoms with E-state index < -0.39 is 17.5 Å². The summed E-state index contributed by atoms with van der Waals surface area (Å²) < 4.78 is 39.3. The van der Waals surface area contributed by atoms with Crippen LogP contribution in [0.3, 0.4) is 0 Å². The Hall–Kier alpha value is -1.49. The Kier molecular flexibility index (Phi) is 4.09. The summed E-state index contributed by atoms with van der Waals surface area (Å²) in [6.07, 6.45) is 0. The molecule has 0 fully saturated rings. The molecule has 0 atom stereocenters. The molecule has 1 nitrogen and oxygen atoms in total. The molecular formula is C15H16F3NS. The molecule has 108 valence electrons. The van der Waals surface area contributed by atoms with Gasteiger partial charge in [-0.2, -0.15) is 0 Å². The van der Waals surface area contributed by atoms with Crippen LogP contribution in [0.5, 0.6) is 0 Å². The van der Waals surface area contributed by atoms with Crippen molar-refractivity contribution in [3.63, 3.8) is 0 Å². The van der Waals surface area contributed by atoms with Gasteiger partial charge in [0.2, 0.25) is 0 Å². The predicted molar refractivity (Wildman–Crippen MR) is 76.7 cm³/mol. The lowest BCUT2D eigenvalue weighted by atomic mass is 9.95. The third kappa shape index (κ3) is 3.33. The van der Waals surface area contributed by atoms with Gasteiger partial charge in [-0.05, 0) is 17.5 Å². The first-order chi connectivity index (χ1) is 9.27. The maximum Gasteiger partial charge on any atom is 0.161 e. The number of nitrogens with one attached hydrogen (secondary N) is 1. The van der Waals surface area contributed by atoms with Gasteiger partial charge in [-0.1, -0.05) is 20.8 Å². The summed E-state index contributed by atoms with van der Waals surface area (Å²) in [5.74, 6) is -3.04. The number of thiophene rings is 1. The third-order valence-electron chi connectivity index (χ3n) is 2.86. The van der Waals surface area contributed by atoms with Gasteiger partial charge in [-0.25, -0.2) is 13.2 Å². The van der Waals surface area contributed by atoms with Crippen LogP contribution in [0.4, 0.5) is 18.9 Å². The summed E-state index contributed by atoms with van der Waals surface area (Å²) in [5, 5.41) is 2.79. The zero-order valence-corrected chi connectivity index (χ0v) is 12.4. The van der Waals surface area contributed by atoms with E-state index in [1.54, 1.807) is 11.3 Å². The molecule has 1 N–H and O–H groups in total. The highest BCUT2D eigenvalue weighted by atomic mass is 32.1. The maximum atomic E-state index is 13.5. The Balaban J connectivity index is 2.09. The van der Waals surface area contributed by atoms with Crippen molar-refractivity contribution in [1.29, 1.82) is 0 Å². The number of halogens is 3. The van der Waals surface area contributed by atoms with Gasteiger partial charge in [0.05, 0.1) is 5.69 Å². The molecule has 0 amide bonds. The minimum atomic E-state index is -1.18. The summed E-state index contributed by atoms with van der Waals surface area (Å²) in [7, 11) is 0. The van der Waals surface area contributed by atoms with Crippen molar-refractivity contribution in [2.45, 2.75) is 32.7 Å². The highest BCUT2D eigenvalue weighted by molar-refractivity contribution is 7.12. The summed E-state index contributed by atoms with van der Waals surface area (Å²) in [6.45, 7) is 6.73. The SMILES string of the molecule is CC(C)(C)c1ccc(CNc2cc(F)c(F)cc2F)s1. The van der Waals surface area contributed by atoms with Crippen molar-refractivity contribution in [1.82, 2.24) is 0 Å². The second-order valence-electron chi connectivity index (χ2n) is 5.62. The molecule has 0 radical (unpaired) electrons. The van der Waals surface area contributed by atoms with E-state index in [9.17, 15) is 13.2 Å². The van der Waals surface area contributed by atoms with Crippen LogP contribution in [0, 0.1) is 17.5 Å². The minimum Gasteiger partial charge on any atom is -0.378 e. The van der Waals surface area contributed by atoms with Crippen LogP contribution in [0.1, 0.15) is 30.5 Å². The number of rotatable bonds is 3. The van der Waals surface area contributed by atoms with Crippen molar-refractivity contribution in [3.05, 3.63) is 51.5 Å². The first kappa shape index (κ1) is 14.9. The van der Waals surface area contributed by atoms with Crippen molar-refractivity contribution < 1.29 is 13.2 Å². The average molecular weight is 299 g/mol. The molecule has 0 saturated heterocycles. The van der Waals surface area contributed by atoms with Gasteiger partial charge in [0.15, 0.2) is 11.6 Å². The summed E-state index contributed by atoms with van der Waals surface area (Å²) in [6, 6.07) is 5.37. The van der Waals surface area contributed by atoms with Gasteiger partial charge in [-0.15, -0.1) is 11.3 Å². The Morgan fingerprint density at radius 3 is 2.25 bits per heavy atom. The van der Waals surface area contributed by atoms with Crippen LogP contribution in [-0.2, 0) is 12.0 Å². The van der Waals surface area contributed by atoms with E-state index in [1.165, 1.54) is 4.88 Å². The van der Waals surface area contributed by atoms with E-state index in [4.69, 9.17) is 0 Å². The summed E-state index contributed by atoms with van der Waals surface area (Å²) >= 11 is 1.62. The lowest BCUT2D eigenvalue weighted by Crippen LogP contribution is -2.07. The summed E-state index contributed by atoms with van der Waals surface area (Å²) in [5.41, 5.74) is 0.0329. The van der Waals surface area contributed by atoms with Gasteiger partial charge in [0, 0.05) is 28.4 Å². The molecule has 0 spiro atoms. The first-order valence-electron chi connectivity index (χ1n) is 6.25. The molecule has 20 heavy (non-hydrogen) atoms. The van der Waals surface area contributed by atoms with Crippen LogP contribution >= 0.6 is 11.3 Å². The molecular weight excluding hydrogens is 283 g/mol. The lowest BCUT2D eigenvalue weighted by molar-refractivity contribution is 0.496. The molecule has 1 heterocycles. The fourth-order valence-corrected chi connectivity index (χ4v) is 2.72. The molecule has 5 heteroatoms. The molecule has 0 bridgehead atoms. The van der Waals surface area contributed by atoms with E-state index >= 15 is 0 Å². The molecule has 2 aromatic rings. The minimum absolute atomic E-state index is 0.0328. The molecule has 0 aliphatic heterocycles. The van der Waals surface area contributed by atoms with Crippen LogP contribution in [0.2, 0.25) is 0 Å². The maximum absolute atomic E-state index is 13.5. The highest BCUT2D eigenvalue weighted by Gasteiger charge is 2.16. The van der Waals surface area contributed by atoms with Crippen molar-refractivity contribution in [3.8, 4) is 0 Å². The van der Waals surface area contributed by atoms with Crippen LogP contribution in [0.15, 0.2) is 24.3 Å². The van der Waals surface area contributed by atoms with Crippen molar-refractivity contribution in [2.75, 3.05) is 5.32 Å². The number of hydrogen-bond donors (Lipinski definition) is 1. The smallest absolute Gasteiger partial charge is 0.161 e. The van der Waals surface area contributed by atoms with Crippen LogP contribution in [-0.4, -0.2) is 0 Å². The first-order valence-corrected chi connectivity index (χ1v) is 7.06.